The molecule has 2 aromatic rings. The summed E-state index contributed by atoms with van der Waals surface area (Å²) in [6.07, 6.45) is 3.47. The molecule has 0 saturated heterocycles. The van der Waals surface area contributed by atoms with E-state index in [-0.39, 0.29) is 5.56 Å². The Hall–Kier alpha value is -1.84. The lowest BCUT2D eigenvalue weighted by molar-refractivity contribution is 0.112. The zero-order chi connectivity index (χ0) is 8.55. The number of hydrogen-bond donors (Lipinski definition) is 1. The Kier molecular flexibility index (Phi) is 1.33. The lowest BCUT2D eigenvalue weighted by Crippen LogP contribution is -2.00. The average molecular weight is 163 g/mol. The minimum absolute atomic E-state index is 0.241. The van der Waals surface area contributed by atoms with Gasteiger partial charge in [0.2, 0.25) is 0 Å². The molecule has 0 fully saturated rings. The quantitative estimate of drug-likeness (QED) is 0.636. The molecule has 0 bridgehead atoms. The second-order valence-electron chi connectivity index (χ2n) is 2.38. The largest absolute Gasteiger partial charge is 0.463 e. The van der Waals surface area contributed by atoms with Crippen molar-refractivity contribution in [2.24, 2.45) is 0 Å². The van der Waals surface area contributed by atoms with Crippen LogP contribution in [-0.4, -0.2) is 11.3 Å². The molecule has 0 radical (unpaired) electrons. The van der Waals surface area contributed by atoms with Gasteiger partial charge in [-0.15, -0.1) is 0 Å². The minimum atomic E-state index is -0.241. The molecule has 0 aliphatic rings. The molecule has 0 aliphatic carbocycles. The number of fused-ring (bicyclic) bond motifs is 1. The molecule has 4 heteroatoms. The molecule has 2 heterocycles. The lowest BCUT2D eigenvalue weighted by atomic mass is 10.2. The Labute approximate surface area is 66.8 Å². The molecule has 12 heavy (non-hydrogen) atoms. The molecule has 0 atom stereocenters. The molecular weight excluding hydrogens is 158 g/mol. The number of aromatic nitrogens is 1. The van der Waals surface area contributed by atoms with Gasteiger partial charge >= 0.3 is 0 Å². The fraction of sp³-hybridized carbons (Fsp3) is 0. The second-order valence-corrected chi connectivity index (χ2v) is 2.38. The Bertz CT molecular complexity index is 480. The van der Waals surface area contributed by atoms with Crippen molar-refractivity contribution < 1.29 is 9.21 Å². The topological polar surface area (TPSA) is 63.1 Å². The van der Waals surface area contributed by atoms with Gasteiger partial charge in [-0.1, -0.05) is 0 Å². The van der Waals surface area contributed by atoms with E-state index in [0.717, 1.165) is 0 Å². The van der Waals surface area contributed by atoms with Crippen molar-refractivity contribution in [1.82, 2.24) is 4.98 Å². The Morgan fingerprint density at radius 1 is 1.50 bits per heavy atom. The zero-order valence-electron chi connectivity index (χ0n) is 6.03. The summed E-state index contributed by atoms with van der Waals surface area (Å²) < 4.78 is 4.97. The normalized spacial score (nSPS) is 10.3. The van der Waals surface area contributed by atoms with Crippen molar-refractivity contribution in [3.63, 3.8) is 0 Å². The van der Waals surface area contributed by atoms with E-state index in [1.54, 1.807) is 0 Å². The predicted octanol–water partition coefficient (Wildman–Crippen LogP) is 0.934. The second kappa shape index (κ2) is 2.34. The van der Waals surface area contributed by atoms with Crippen molar-refractivity contribution >= 4 is 17.3 Å². The third-order valence-corrected chi connectivity index (χ3v) is 1.64. The minimum Gasteiger partial charge on any atom is -0.463 e. The smallest absolute Gasteiger partial charge is 0.251 e. The average Bonchev–Trinajstić information content (AvgIpc) is 2.46. The first-order valence-corrected chi connectivity index (χ1v) is 3.36. The molecule has 60 valence electrons. The number of pyridine rings is 1. The van der Waals surface area contributed by atoms with Gasteiger partial charge in [0.25, 0.3) is 5.56 Å². The molecule has 0 unspecified atom stereocenters. The van der Waals surface area contributed by atoms with Gasteiger partial charge in [0, 0.05) is 17.6 Å². The Morgan fingerprint density at radius 2 is 2.33 bits per heavy atom. The van der Waals surface area contributed by atoms with Gasteiger partial charge in [-0.3, -0.25) is 9.59 Å². The van der Waals surface area contributed by atoms with Crippen LogP contribution in [0.3, 0.4) is 0 Å². The molecule has 0 aromatic carbocycles. The molecular formula is C8H5NO3. The number of carbonyl (C=O) groups excluding carboxylic acids is 1. The summed E-state index contributed by atoms with van der Waals surface area (Å²) in [6.45, 7) is 0. The van der Waals surface area contributed by atoms with Gasteiger partial charge in [-0.2, -0.15) is 0 Å². The highest BCUT2D eigenvalue weighted by molar-refractivity contribution is 5.95. The van der Waals surface area contributed by atoms with Crippen LogP contribution in [0.4, 0.5) is 0 Å². The van der Waals surface area contributed by atoms with Crippen LogP contribution in [0.25, 0.3) is 11.0 Å². The Balaban J connectivity index is 2.90. The number of furan rings is 1. The molecule has 2 aromatic heterocycles. The number of aromatic amines is 1. The lowest BCUT2D eigenvalue weighted by Gasteiger charge is -1.85. The van der Waals surface area contributed by atoms with Crippen LogP contribution < -0.4 is 5.56 Å². The third kappa shape index (κ3) is 0.852. The molecule has 1 N–H and O–H groups in total. The van der Waals surface area contributed by atoms with Crippen molar-refractivity contribution in [2.45, 2.75) is 0 Å². The van der Waals surface area contributed by atoms with Crippen LogP contribution in [0.1, 0.15) is 10.4 Å². The van der Waals surface area contributed by atoms with Crippen molar-refractivity contribution in [3.05, 3.63) is 34.4 Å². The highest BCUT2D eigenvalue weighted by Crippen LogP contribution is 2.15. The maximum Gasteiger partial charge on any atom is 0.251 e. The number of rotatable bonds is 1. The summed E-state index contributed by atoms with van der Waals surface area (Å²) in [7, 11) is 0. The van der Waals surface area contributed by atoms with E-state index < -0.39 is 0 Å². The predicted molar refractivity (Wildman–Crippen MR) is 42.2 cm³/mol. The van der Waals surface area contributed by atoms with E-state index in [0.29, 0.717) is 22.8 Å². The van der Waals surface area contributed by atoms with Crippen LogP contribution in [0, 0.1) is 0 Å². The SMILES string of the molecule is O=Cc1coc2cc(=O)[nH]cc12. The first kappa shape index (κ1) is 6.84. The van der Waals surface area contributed by atoms with Crippen LogP contribution in [0.2, 0.25) is 0 Å². The molecule has 0 saturated carbocycles. The monoisotopic (exact) mass is 163 g/mol. The van der Waals surface area contributed by atoms with Crippen LogP contribution in [-0.2, 0) is 0 Å². The van der Waals surface area contributed by atoms with Gasteiger partial charge in [0.15, 0.2) is 6.29 Å². The summed E-state index contributed by atoms with van der Waals surface area (Å²) in [5.41, 5.74) is 0.636. The fourth-order valence-electron chi connectivity index (χ4n) is 1.06. The molecule has 4 nitrogen and oxygen atoms in total. The van der Waals surface area contributed by atoms with Crippen LogP contribution >= 0.6 is 0 Å². The van der Waals surface area contributed by atoms with Crippen molar-refractivity contribution in [2.75, 3.05) is 0 Å². The standard InChI is InChI=1S/C8H5NO3/c10-3-5-4-12-7-1-8(11)9-2-6(5)7/h1-4H,(H,9,11). The van der Waals surface area contributed by atoms with Crippen LogP contribution in [0.15, 0.2) is 27.7 Å². The maximum atomic E-state index is 10.8. The summed E-state index contributed by atoms with van der Waals surface area (Å²) in [4.78, 5) is 23.7. The van der Waals surface area contributed by atoms with Gasteiger partial charge < -0.3 is 9.40 Å². The zero-order valence-corrected chi connectivity index (χ0v) is 6.03. The van der Waals surface area contributed by atoms with Gasteiger partial charge in [0.1, 0.15) is 11.8 Å². The van der Waals surface area contributed by atoms with Gasteiger partial charge in [-0.25, -0.2) is 0 Å². The van der Waals surface area contributed by atoms with Crippen molar-refractivity contribution in [1.29, 1.82) is 0 Å². The Morgan fingerprint density at radius 3 is 3.08 bits per heavy atom. The van der Waals surface area contributed by atoms with E-state index in [9.17, 15) is 9.59 Å². The number of H-pyrrole nitrogens is 1. The first-order valence-electron chi connectivity index (χ1n) is 3.36. The molecule has 0 amide bonds. The number of hydrogen-bond acceptors (Lipinski definition) is 3. The molecule has 0 spiro atoms. The van der Waals surface area contributed by atoms with E-state index in [1.807, 2.05) is 0 Å². The van der Waals surface area contributed by atoms with Crippen LogP contribution in [0.5, 0.6) is 0 Å². The van der Waals surface area contributed by atoms with E-state index in [4.69, 9.17) is 4.42 Å². The number of nitrogens with one attached hydrogen (secondary N) is 1. The van der Waals surface area contributed by atoms with E-state index >= 15 is 0 Å². The van der Waals surface area contributed by atoms with E-state index in [1.165, 1.54) is 18.5 Å². The number of aldehydes is 1. The highest BCUT2D eigenvalue weighted by Gasteiger charge is 2.03. The van der Waals surface area contributed by atoms with Crippen molar-refractivity contribution in [3.8, 4) is 0 Å². The first-order chi connectivity index (χ1) is 5.81. The summed E-state index contributed by atoms with van der Waals surface area (Å²) in [6, 6.07) is 1.31. The van der Waals surface area contributed by atoms with E-state index in [2.05, 4.69) is 4.98 Å². The maximum absolute atomic E-state index is 10.8. The summed E-state index contributed by atoms with van der Waals surface area (Å²) in [5.74, 6) is 0. The number of carbonyl (C=O) groups is 1. The summed E-state index contributed by atoms with van der Waals surface area (Å²) >= 11 is 0. The van der Waals surface area contributed by atoms with Gasteiger partial charge in [-0.05, 0) is 0 Å². The summed E-state index contributed by atoms with van der Waals surface area (Å²) in [5, 5.41) is 0.629. The third-order valence-electron chi connectivity index (χ3n) is 1.64. The fourth-order valence-corrected chi connectivity index (χ4v) is 1.06. The highest BCUT2D eigenvalue weighted by atomic mass is 16.3. The molecule has 0 aliphatic heterocycles. The van der Waals surface area contributed by atoms with Gasteiger partial charge in [0.05, 0.1) is 5.56 Å². The molecule has 2 rings (SSSR count).